The number of aryl methyl sites for hydroxylation is 1. The highest BCUT2D eigenvalue weighted by atomic mass is 35.5. The molecule has 0 bridgehead atoms. The predicted molar refractivity (Wildman–Crippen MR) is 163 cm³/mol. The van der Waals surface area contributed by atoms with Crippen LogP contribution in [0.2, 0.25) is 5.02 Å². The van der Waals surface area contributed by atoms with Crippen molar-refractivity contribution in [2.75, 3.05) is 12.3 Å². The van der Waals surface area contributed by atoms with Gasteiger partial charge in [0.25, 0.3) is 21.0 Å². The fourth-order valence-electron chi connectivity index (χ4n) is 5.57. The Labute approximate surface area is 254 Å². The van der Waals surface area contributed by atoms with Crippen LogP contribution in [0.3, 0.4) is 0 Å². The maximum absolute atomic E-state index is 12.4. The molecule has 1 fully saturated rings. The van der Waals surface area contributed by atoms with Gasteiger partial charge in [0.2, 0.25) is 5.58 Å². The normalized spacial score (nSPS) is 21.0. The highest BCUT2D eigenvalue weighted by molar-refractivity contribution is 7.86. The highest BCUT2D eigenvalue weighted by Crippen LogP contribution is 2.56. The quantitative estimate of drug-likeness (QED) is 0.104. The van der Waals surface area contributed by atoms with Crippen LogP contribution in [-0.2, 0) is 26.8 Å². The minimum absolute atomic E-state index is 0.117. The molecule has 3 aromatic carbocycles. The summed E-state index contributed by atoms with van der Waals surface area (Å²) in [7, 11) is -8.55. The molecule has 3 heterocycles. The molecule has 224 valence electrons. The van der Waals surface area contributed by atoms with E-state index in [2.05, 4.69) is 0 Å². The molecule has 0 amide bonds. The van der Waals surface area contributed by atoms with Gasteiger partial charge in [-0.3, -0.25) is 9.11 Å². The Morgan fingerprint density at radius 1 is 1.05 bits per heavy atom. The van der Waals surface area contributed by atoms with E-state index in [1.165, 1.54) is 0 Å². The summed E-state index contributed by atoms with van der Waals surface area (Å²) in [4.78, 5) is 0. The van der Waals surface area contributed by atoms with E-state index >= 15 is 0 Å². The van der Waals surface area contributed by atoms with Crippen molar-refractivity contribution < 1.29 is 39.7 Å². The first-order chi connectivity index (χ1) is 20.4. The number of aromatic nitrogens is 1. The van der Waals surface area contributed by atoms with Crippen molar-refractivity contribution in [3.8, 4) is 16.9 Å². The van der Waals surface area contributed by atoms with Crippen molar-refractivity contribution in [3.63, 3.8) is 0 Å². The van der Waals surface area contributed by atoms with Crippen molar-refractivity contribution in [3.05, 3.63) is 95.2 Å². The van der Waals surface area contributed by atoms with Crippen LogP contribution in [0.4, 0.5) is 5.69 Å². The minimum Gasteiger partial charge on any atom is -0.406 e. The van der Waals surface area contributed by atoms with Gasteiger partial charge in [-0.15, -0.1) is 0 Å². The number of oxazole rings is 1. The first-order valence-electron chi connectivity index (χ1n) is 13.6. The number of benzene rings is 3. The summed E-state index contributed by atoms with van der Waals surface area (Å²) in [6.07, 6.45) is 4.18. The molecule has 6 rings (SSSR count). The number of quaternary nitrogens is 1. The Bertz CT molecular complexity index is 2020. The molecule has 1 saturated heterocycles. The molecule has 0 radical (unpaired) electrons. The second-order valence-corrected chi connectivity index (χ2v) is 14.2. The van der Waals surface area contributed by atoms with Crippen LogP contribution >= 0.6 is 11.6 Å². The summed E-state index contributed by atoms with van der Waals surface area (Å²) in [5.74, 6) is 0.848. The van der Waals surface area contributed by atoms with E-state index in [0.717, 1.165) is 16.7 Å². The maximum atomic E-state index is 12.4. The number of hydrogen-bond acceptors (Lipinski definition) is 6. The molecule has 2 aliphatic rings. The summed E-state index contributed by atoms with van der Waals surface area (Å²) in [5, 5.41) is -0.635. The van der Waals surface area contributed by atoms with E-state index < -0.39 is 31.4 Å². The Balaban J connectivity index is 1.43. The number of nitrogens with zero attached hydrogens (tertiary/aromatic N) is 2. The minimum atomic E-state index is -4.40. The Morgan fingerprint density at radius 2 is 1.81 bits per heavy atom. The molecule has 1 spiro atoms. The predicted octanol–water partition coefficient (Wildman–Crippen LogP) is 5.58. The molecule has 13 heteroatoms. The smallest absolute Gasteiger partial charge is 0.374 e. The van der Waals surface area contributed by atoms with Crippen molar-refractivity contribution in [2.45, 2.75) is 31.7 Å². The van der Waals surface area contributed by atoms with E-state index in [4.69, 9.17) is 20.8 Å². The standard InChI is InChI=1S/C30H27ClN2O8S2/c1-2-20(15-28-32(13-6-14-42(34,35)36)24-18-23(31)10-12-26(24)40-28)16-29-33(19-30(33)43(37,38)39)25-17-22(9-11-27(25)41-29)21-7-4-3-5-8-21/h3-5,7-12,15-18,30H,2,6,13-14,19H2,1H3/p+2. The SMILES string of the molecule is CCC(=Cc1oc2ccc(Cl)cc2[n+]1CCCS(=O)(=O)O)C=C1Oc2ccc(-c3ccccc3)cc2[N+]12CC2S(=O)(=O)O. The number of fused-ring (bicyclic) bond motifs is 3. The third-order valence-corrected chi connectivity index (χ3v) is 9.99. The topological polar surface area (TPSA) is 135 Å². The Hall–Kier alpha value is -3.52. The molecule has 10 nitrogen and oxygen atoms in total. The number of ether oxygens (including phenoxy) is 1. The average Bonchev–Trinajstić information content (AvgIpc) is 3.56. The number of rotatable bonds is 9. The molecule has 4 aromatic rings. The van der Waals surface area contributed by atoms with Gasteiger partial charge in [-0.1, -0.05) is 54.9 Å². The fourth-order valence-corrected chi connectivity index (χ4v) is 7.33. The van der Waals surface area contributed by atoms with Crippen LogP contribution in [0.5, 0.6) is 5.75 Å². The maximum Gasteiger partial charge on any atom is 0.374 e. The Morgan fingerprint density at radius 3 is 2.49 bits per heavy atom. The van der Waals surface area contributed by atoms with Gasteiger partial charge in [0.1, 0.15) is 0 Å². The molecule has 2 unspecified atom stereocenters. The largest absolute Gasteiger partial charge is 0.406 e. The number of halogens is 1. The van der Waals surface area contributed by atoms with Gasteiger partial charge in [0, 0.05) is 29.7 Å². The van der Waals surface area contributed by atoms with Crippen molar-refractivity contribution in [1.82, 2.24) is 4.48 Å². The van der Waals surface area contributed by atoms with Crippen molar-refractivity contribution >= 4 is 54.7 Å². The molecule has 0 aliphatic carbocycles. The van der Waals surface area contributed by atoms with Gasteiger partial charge in [0.15, 0.2) is 24.5 Å². The second kappa shape index (κ2) is 10.9. The van der Waals surface area contributed by atoms with Gasteiger partial charge < -0.3 is 9.15 Å². The summed E-state index contributed by atoms with van der Waals surface area (Å²) >= 11 is 6.23. The monoisotopic (exact) mass is 644 g/mol. The molecular formula is C30H29ClN2O8S2+2. The van der Waals surface area contributed by atoms with E-state index in [9.17, 15) is 25.9 Å². The summed E-state index contributed by atoms with van der Waals surface area (Å²) in [5.41, 5.74) is 4.41. The summed E-state index contributed by atoms with van der Waals surface area (Å²) < 4.78 is 80.8. The zero-order chi connectivity index (χ0) is 30.6. The van der Waals surface area contributed by atoms with E-state index in [-0.39, 0.29) is 24.0 Å². The lowest BCUT2D eigenvalue weighted by molar-refractivity contribution is -0.677. The van der Waals surface area contributed by atoms with Crippen molar-refractivity contribution in [1.29, 1.82) is 0 Å². The van der Waals surface area contributed by atoms with Gasteiger partial charge in [-0.25, -0.2) is 0 Å². The van der Waals surface area contributed by atoms with Crippen LogP contribution < -0.4 is 13.8 Å². The average molecular weight is 645 g/mol. The van der Waals surface area contributed by atoms with Gasteiger partial charge >= 0.3 is 21.9 Å². The zero-order valence-corrected chi connectivity index (χ0v) is 25.4. The van der Waals surface area contributed by atoms with Crippen LogP contribution in [0.1, 0.15) is 25.7 Å². The number of hydrogen-bond donors (Lipinski definition) is 2. The van der Waals surface area contributed by atoms with Gasteiger partial charge in [0.05, 0.1) is 11.8 Å². The molecular weight excluding hydrogens is 616 g/mol. The van der Waals surface area contributed by atoms with Crippen LogP contribution in [0, 0.1) is 0 Å². The lowest BCUT2D eigenvalue weighted by atomic mass is 10.0. The van der Waals surface area contributed by atoms with Crippen LogP contribution in [0.25, 0.3) is 28.3 Å². The highest BCUT2D eigenvalue weighted by Gasteiger charge is 2.72. The van der Waals surface area contributed by atoms with E-state index in [1.807, 2.05) is 49.4 Å². The zero-order valence-electron chi connectivity index (χ0n) is 23.1. The molecule has 1 aromatic heterocycles. The lowest BCUT2D eigenvalue weighted by Crippen LogP contribution is -2.36. The second-order valence-electron chi connectivity index (χ2n) is 10.6. The lowest BCUT2D eigenvalue weighted by Gasteiger charge is -2.12. The molecule has 43 heavy (non-hydrogen) atoms. The molecule has 2 aliphatic heterocycles. The molecule has 2 atom stereocenters. The molecule has 0 saturated carbocycles. The first-order valence-corrected chi connectivity index (χ1v) is 17.1. The van der Waals surface area contributed by atoms with Crippen LogP contribution in [-0.4, -0.2) is 43.6 Å². The van der Waals surface area contributed by atoms with E-state index in [0.29, 0.717) is 45.8 Å². The third-order valence-electron chi connectivity index (χ3n) is 7.75. The van der Waals surface area contributed by atoms with E-state index in [1.54, 1.807) is 41.0 Å². The third kappa shape index (κ3) is 5.74. The van der Waals surface area contributed by atoms with Crippen molar-refractivity contribution in [2.24, 2.45) is 0 Å². The first kappa shape index (κ1) is 29.5. The summed E-state index contributed by atoms with van der Waals surface area (Å²) in [6.45, 7) is 2.26. The Kier molecular flexibility index (Phi) is 7.48. The van der Waals surface area contributed by atoms with Crippen LogP contribution in [0.15, 0.2) is 88.7 Å². The molecule has 2 N–H and O–H groups in total. The number of allylic oxidation sites excluding steroid dienone is 2. The van der Waals surface area contributed by atoms with Gasteiger partial charge in [-0.2, -0.15) is 25.9 Å². The summed E-state index contributed by atoms with van der Waals surface area (Å²) in [6, 6.07) is 20.4. The fraction of sp³-hybridized carbons (Fsp3) is 0.233. The van der Waals surface area contributed by atoms with Gasteiger partial charge in [-0.05, 0) is 41.3 Å².